The molecule has 6 N–H and O–H groups in total. The molecule has 0 saturated carbocycles. The number of unbranched alkanes of at least 4 members (excludes halogenated alkanes) is 36. The van der Waals surface area contributed by atoms with Crippen LogP contribution in [0.2, 0.25) is 0 Å². The zero-order valence-corrected chi connectivity index (χ0v) is 46.2. The summed E-state index contributed by atoms with van der Waals surface area (Å²) >= 11 is 0. The molecule has 0 spiro atoms. The van der Waals surface area contributed by atoms with Gasteiger partial charge in [0.05, 0.1) is 25.4 Å². The number of aliphatic hydroxyl groups is 5. The van der Waals surface area contributed by atoms with Crippen molar-refractivity contribution in [2.24, 2.45) is 0 Å². The Bertz CT molecular complexity index is 1250. The number of aliphatic hydroxyl groups excluding tert-OH is 5. The van der Waals surface area contributed by atoms with Crippen LogP contribution in [0.25, 0.3) is 0 Å². The lowest BCUT2D eigenvalue weighted by Gasteiger charge is -2.40. The van der Waals surface area contributed by atoms with E-state index in [1.807, 2.05) is 6.08 Å². The maximum Gasteiger partial charge on any atom is 0.220 e. The van der Waals surface area contributed by atoms with Gasteiger partial charge in [-0.1, -0.05) is 255 Å². The van der Waals surface area contributed by atoms with E-state index in [9.17, 15) is 30.3 Å². The lowest BCUT2D eigenvalue weighted by atomic mass is 9.99. The van der Waals surface area contributed by atoms with Gasteiger partial charge in [-0.3, -0.25) is 4.79 Å². The van der Waals surface area contributed by atoms with E-state index < -0.39 is 49.5 Å². The van der Waals surface area contributed by atoms with Crippen LogP contribution in [0.4, 0.5) is 0 Å². The first-order valence-electron chi connectivity index (χ1n) is 30.4. The third-order valence-electron chi connectivity index (χ3n) is 14.4. The molecule has 0 aromatic carbocycles. The summed E-state index contributed by atoms with van der Waals surface area (Å²) in [4.78, 5) is 13.1. The molecule has 7 atom stereocenters. The van der Waals surface area contributed by atoms with Crippen LogP contribution in [0.15, 0.2) is 48.6 Å². The average Bonchev–Trinajstić information content (AvgIpc) is 3.37. The van der Waals surface area contributed by atoms with Gasteiger partial charge in [-0.05, 0) is 70.6 Å². The van der Waals surface area contributed by atoms with Crippen LogP contribution in [-0.2, 0) is 14.3 Å². The minimum absolute atomic E-state index is 0.187. The summed E-state index contributed by atoms with van der Waals surface area (Å²) < 4.78 is 11.3. The molecule has 1 fully saturated rings. The van der Waals surface area contributed by atoms with Crippen LogP contribution in [0, 0.1) is 0 Å². The third kappa shape index (κ3) is 41.1. The van der Waals surface area contributed by atoms with Crippen molar-refractivity contribution in [2.75, 3.05) is 13.2 Å². The van der Waals surface area contributed by atoms with E-state index in [1.165, 1.54) is 218 Å². The molecule has 0 bridgehead atoms. The van der Waals surface area contributed by atoms with Crippen molar-refractivity contribution in [3.63, 3.8) is 0 Å². The van der Waals surface area contributed by atoms with E-state index in [-0.39, 0.29) is 12.5 Å². The van der Waals surface area contributed by atoms with E-state index >= 15 is 0 Å². The molecule has 1 heterocycles. The first-order chi connectivity index (χ1) is 34.8. The summed E-state index contributed by atoms with van der Waals surface area (Å²) in [5.41, 5.74) is 0. The number of carbonyl (C=O) groups excluding carboxylic acids is 1. The molecule has 1 aliphatic heterocycles. The van der Waals surface area contributed by atoms with Gasteiger partial charge in [-0.25, -0.2) is 0 Å². The zero-order valence-electron chi connectivity index (χ0n) is 46.2. The summed E-state index contributed by atoms with van der Waals surface area (Å²) in [6.07, 6.45) is 61.9. The number of rotatable bonds is 52. The van der Waals surface area contributed by atoms with Crippen LogP contribution >= 0.6 is 0 Å². The third-order valence-corrected chi connectivity index (χ3v) is 14.4. The van der Waals surface area contributed by atoms with Crippen molar-refractivity contribution in [3.05, 3.63) is 48.6 Å². The molecular formula is C62H115NO8. The fourth-order valence-corrected chi connectivity index (χ4v) is 9.54. The molecule has 0 aromatic heterocycles. The van der Waals surface area contributed by atoms with Crippen LogP contribution in [0.3, 0.4) is 0 Å². The molecule has 0 aromatic rings. The quantitative estimate of drug-likeness (QED) is 0.0261. The number of carbonyl (C=O) groups is 1. The van der Waals surface area contributed by atoms with Gasteiger partial charge in [0.1, 0.15) is 24.4 Å². The number of nitrogens with one attached hydrogen (secondary N) is 1. The Morgan fingerprint density at radius 3 is 1.18 bits per heavy atom. The Hall–Kier alpha value is -1.85. The summed E-state index contributed by atoms with van der Waals surface area (Å²) in [6, 6.07) is -0.828. The maximum absolute atomic E-state index is 13.1. The molecular weight excluding hydrogens is 887 g/mol. The van der Waals surface area contributed by atoms with Crippen molar-refractivity contribution >= 4 is 5.91 Å². The average molecular weight is 1000 g/mol. The SMILES string of the molecule is CCCCCCCCCC/C=C\CCCCCCCCCCCCCCCCCCCC(=O)NC(COC1OC(CO)C(O)C(O)C1O)C(O)/C=C/CC/C=C/CC/C=C/CCCCCCCCCCC. The summed E-state index contributed by atoms with van der Waals surface area (Å²) in [7, 11) is 0. The summed E-state index contributed by atoms with van der Waals surface area (Å²) in [5, 5.41) is 54.5. The largest absolute Gasteiger partial charge is 0.394 e. The van der Waals surface area contributed by atoms with Gasteiger partial charge in [0.2, 0.25) is 5.91 Å². The van der Waals surface area contributed by atoms with E-state index in [0.29, 0.717) is 6.42 Å². The molecule has 1 amide bonds. The molecule has 1 rings (SSSR count). The van der Waals surface area contributed by atoms with Crippen molar-refractivity contribution < 1.29 is 39.8 Å². The van der Waals surface area contributed by atoms with E-state index in [0.717, 1.165) is 44.9 Å². The minimum Gasteiger partial charge on any atom is -0.394 e. The lowest BCUT2D eigenvalue weighted by molar-refractivity contribution is -0.302. The van der Waals surface area contributed by atoms with E-state index in [2.05, 4.69) is 55.6 Å². The fraction of sp³-hybridized carbons (Fsp3) is 0.855. The first-order valence-corrected chi connectivity index (χ1v) is 30.4. The standard InChI is InChI=1S/C62H115NO8/c1-3-5-7-9-11-13-15-17-19-21-23-24-25-26-27-28-29-30-31-32-34-36-38-40-42-44-46-48-50-52-58(66)63-55(54-70-62-61(69)60(68)59(67)57(53-64)71-62)56(65)51-49-47-45-43-41-39-37-35-33-22-20-18-16-14-12-10-8-6-4-2/h21,23,33,35,41,43,49,51,55-57,59-62,64-65,67-69H,3-20,22,24-32,34,36-40,42,44-48,50,52-54H2,1-2H3,(H,63,66)/b23-21-,35-33+,43-41+,51-49+. The highest BCUT2D eigenvalue weighted by molar-refractivity contribution is 5.76. The number of ether oxygens (including phenoxy) is 2. The topological polar surface area (TPSA) is 149 Å². The van der Waals surface area contributed by atoms with Crippen LogP contribution in [0.1, 0.15) is 284 Å². The molecule has 0 radical (unpaired) electrons. The highest BCUT2D eigenvalue weighted by Gasteiger charge is 2.44. The predicted octanol–water partition coefficient (Wildman–Crippen LogP) is 15.3. The number of allylic oxidation sites excluding steroid dienone is 7. The van der Waals surface area contributed by atoms with Gasteiger partial charge in [0.15, 0.2) is 6.29 Å². The van der Waals surface area contributed by atoms with Crippen molar-refractivity contribution in [1.29, 1.82) is 0 Å². The monoisotopic (exact) mass is 1000 g/mol. The second-order valence-corrected chi connectivity index (χ2v) is 21.1. The van der Waals surface area contributed by atoms with Crippen molar-refractivity contribution in [3.8, 4) is 0 Å². The smallest absolute Gasteiger partial charge is 0.220 e. The molecule has 9 nitrogen and oxygen atoms in total. The van der Waals surface area contributed by atoms with Gasteiger partial charge in [-0.2, -0.15) is 0 Å². The van der Waals surface area contributed by atoms with Gasteiger partial charge < -0.3 is 40.3 Å². The Morgan fingerprint density at radius 1 is 0.465 bits per heavy atom. The lowest BCUT2D eigenvalue weighted by Crippen LogP contribution is -2.60. The number of amides is 1. The molecule has 9 heteroatoms. The van der Waals surface area contributed by atoms with Crippen molar-refractivity contribution in [1.82, 2.24) is 5.32 Å². The highest BCUT2D eigenvalue weighted by Crippen LogP contribution is 2.23. The predicted molar refractivity (Wildman–Crippen MR) is 299 cm³/mol. The number of hydrogen-bond donors (Lipinski definition) is 6. The molecule has 416 valence electrons. The second-order valence-electron chi connectivity index (χ2n) is 21.1. The second kappa shape index (κ2) is 51.6. The number of hydrogen-bond acceptors (Lipinski definition) is 8. The highest BCUT2D eigenvalue weighted by atomic mass is 16.7. The Balaban J connectivity index is 2.20. The van der Waals surface area contributed by atoms with Crippen LogP contribution in [0.5, 0.6) is 0 Å². The molecule has 1 saturated heterocycles. The van der Waals surface area contributed by atoms with E-state index in [1.54, 1.807) is 6.08 Å². The normalized spacial score (nSPS) is 19.6. The maximum atomic E-state index is 13.1. The fourth-order valence-electron chi connectivity index (χ4n) is 9.54. The zero-order chi connectivity index (χ0) is 51.5. The van der Waals surface area contributed by atoms with Gasteiger partial charge >= 0.3 is 0 Å². The van der Waals surface area contributed by atoms with Gasteiger partial charge in [0, 0.05) is 6.42 Å². The molecule has 71 heavy (non-hydrogen) atoms. The Morgan fingerprint density at radius 2 is 0.803 bits per heavy atom. The van der Waals surface area contributed by atoms with E-state index in [4.69, 9.17) is 9.47 Å². The van der Waals surface area contributed by atoms with Crippen molar-refractivity contribution in [2.45, 2.75) is 326 Å². The van der Waals surface area contributed by atoms with Gasteiger partial charge in [-0.15, -0.1) is 0 Å². The molecule has 1 aliphatic rings. The Kier molecular flexibility index (Phi) is 48.8. The first kappa shape index (κ1) is 67.2. The molecule has 7 unspecified atom stereocenters. The minimum atomic E-state index is -1.57. The van der Waals surface area contributed by atoms with Crippen LogP contribution in [-0.4, -0.2) is 87.5 Å². The Labute approximate surface area is 437 Å². The summed E-state index contributed by atoms with van der Waals surface area (Å²) in [6.45, 7) is 3.78. The van der Waals surface area contributed by atoms with Gasteiger partial charge in [0.25, 0.3) is 0 Å². The molecule has 0 aliphatic carbocycles. The van der Waals surface area contributed by atoms with Crippen LogP contribution < -0.4 is 5.32 Å². The summed E-state index contributed by atoms with van der Waals surface area (Å²) in [5.74, 6) is -0.187.